The van der Waals surface area contributed by atoms with Crippen LogP contribution in [0.5, 0.6) is 0 Å². The van der Waals surface area contributed by atoms with E-state index in [0.717, 1.165) is 6.07 Å². The number of rotatable bonds is 4. The number of hydrogen-bond donors (Lipinski definition) is 2. The number of alkyl halides is 3. The fraction of sp³-hybridized carbons (Fsp3) is 0.346. The maximum absolute atomic E-state index is 15.0. The van der Waals surface area contributed by atoms with E-state index in [1.165, 1.54) is 36.4 Å². The molecule has 2 aliphatic heterocycles. The minimum atomic E-state index is -4.93. The Morgan fingerprint density at radius 1 is 1.16 bits per heavy atom. The maximum Gasteiger partial charge on any atom is 0.419 e. The molecule has 1 aromatic heterocycles. The second-order valence-corrected chi connectivity index (χ2v) is 9.80. The van der Waals surface area contributed by atoms with Crippen molar-refractivity contribution in [3.63, 3.8) is 0 Å². The largest absolute Gasteiger partial charge is 0.419 e. The van der Waals surface area contributed by atoms with E-state index in [-0.39, 0.29) is 35.2 Å². The molecular weight excluding hydrogens is 507 g/mol. The van der Waals surface area contributed by atoms with Gasteiger partial charge in [0, 0.05) is 23.4 Å². The maximum atomic E-state index is 15.0. The van der Waals surface area contributed by atoms with Crippen LogP contribution in [0.25, 0.3) is 0 Å². The fourth-order valence-corrected chi connectivity index (χ4v) is 5.40. The smallest absolute Gasteiger partial charge is 0.399 e. The van der Waals surface area contributed by atoms with Gasteiger partial charge in [-0.15, -0.1) is 0 Å². The first-order valence-electron chi connectivity index (χ1n) is 11.9. The summed E-state index contributed by atoms with van der Waals surface area (Å²) >= 11 is 0. The summed E-state index contributed by atoms with van der Waals surface area (Å²) in [6.07, 6.45) is -3.23. The number of carbonyl (C=O) groups is 1. The molecule has 2 atom stereocenters. The second kappa shape index (κ2) is 9.19. The first-order valence-corrected chi connectivity index (χ1v) is 11.9. The number of nitrogen functional groups attached to an aromatic ring is 1. The number of para-hydroxylation sites is 1. The molecule has 1 saturated heterocycles. The Bertz CT molecular complexity index is 1410. The first-order chi connectivity index (χ1) is 17.9. The molecule has 1 amide bonds. The highest BCUT2D eigenvalue weighted by Gasteiger charge is 2.53. The molecule has 0 radical (unpaired) electrons. The van der Waals surface area contributed by atoms with Gasteiger partial charge in [-0.3, -0.25) is 4.79 Å². The van der Waals surface area contributed by atoms with Crippen LogP contribution in [-0.2, 0) is 22.9 Å². The zero-order valence-electron chi connectivity index (χ0n) is 20.6. The van der Waals surface area contributed by atoms with Gasteiger partial charge in [-0.25, -0.2) is 18.7 Å². The van der Waals surface area contributed by atoms with Crippen LogP contribution in [0.4, 0.5) is 39.1 Å². The Labute approximate surface area is 215 Å². The number of anilines is 3. The summed E-state index contributed by atoms with van der Waals surface area (Å²) in [6.45, 7) is 2.35. The SMILES string of the molecule is C[C@@H](Nc1ncnc2c1CN(c1ccccc1F)C(=O)C21CCN(C)C1)c1cc(N)cc(C(F)(F)F)c1F. The van der Waals surface area contributed by atoms with Gasteiger partial charge in [0.15, 0.2) is 0 Å². The number of fused-ring (bicyclic) bond motifs is 2. The number of halogens is 5. The molecule has 7 nitrogen and oxygen atoms in total. The van der Waals surface area contributed by atoms with E-state index in [1.807, 2.05) is 11.9 Å². The molecule has 200 valence electrons. The molecule has 1 spiro atoms. The molecule has 2 aromatic carbocycles. The molecule has 3 N–H and O–H groups in total. The summed E-state index contributed by atoms with van der Waals surface area (Å²) in [5, 5.41) is 2.99. The van der Waals surface area contributed by atoms with Crippen LogP contribution in [0.15, 0.2) is 42.7 Å². The van der Waals surface area contributed by atoms with Crippen LogP contribution >= 0.6 is 0 Å². The van der Waals surface area contributed by atoms with Gasteiger partial charge >= 0.3 is 6.18 Å². The Balaban J connectivity index is 1.60. The summed E-state index contributed by atoms with van der Waals surface area (Å²) in [5.74, 6) is -2.10. The molecule has 12 heteroatoms. The number of nitrogens with zero attached hydrogens (tertiary/aromatic N) is 4. The van der Waals surface area contributed by atoms with Crippen molar-refractivity contribution in [2.45, 2.75) is 37.5 Å². The van der Waals surface area contributed by atoms with Gasteiger partial charge in [0.25, 0.3) is 0 Å². The van der Waals surface area contributed by atoms with Crippen LogP contribution in [0.1, 0.15) is 41.8 Å². The van der Waals surface area contributed by atoms with Gasteiger partial charge in [-0.1, -0.05) is 12.1 Å². The van der Waals surface area contributed by atoms with E-state index in [1.54, 1.807) is 6.07 Å². The van der Waals surface area contributed by atoms with Crippen molar-refractivity contribution in [1.82, 2.24) is 14.9 Å². The third kappa shape index (κ3) is 4.22. The van der Waals surface area contributed by atoms with Gasteiger partial charge < -0.3 is 20.9 Å². The lowest BCUT2D eigenvalue weighted by molar-refractivity contribution is -0.140. The minimum absolute atomic E-state index is 0.0797. The first kappa shape index (κ1) is 25.8. The molecule has 3 heterocycles. The molecule has 38 heavy (non-hydrogen) atoms. The van der Waals surface area contributed by atoms with Crippen LogP contribution in [-0.4, -0.2) is 40.9 Å². The van der Waals surface area contributed by atoms with Gasteiger partial charge in [0.05, 0.1) is 29.5 Å². The number of likely N-dealkylation sites (N-methyl/N-ethyl adjacent to an activating group) is 1. The highest BCUT2D eigenvalue weighted by molar-refractivity contribution is 6.03. The van der Waals surface area contributed by atoms with Gasteiger partial charge in [-0.05, 0) is 51.2 Å². The number of aromatic nitrogens is 2. The molecule has 0 aliphatic carbocycles. The number of nitrogens with two attached hydrogens (primary N) is 1. The number of carbonyl (C=O) groups excluding carboxylic acids is 1. The molecule has 0 bridgehead atoms. The number of nitrogens with one attached hydrogen (secondary N) is 1. The average Bonchev–Trinajstić information content (AvgIpc) is 3.25. The van der Waals surface area contributed by atoms with Crippen LogP contribution in [0, 0.1) is 11.6 Å². The lowest BCUT2D eigenvalue weighted by Crippen LogP contribution is -2.53. The summed E-state index contributed by atoms with van der Waals surface area (Å²) in [5.41, 5.74) is 3.64. The van der Waals surface area contributed by atoms with Crippen LogP contribution in [0.3, 0.4) is 0 Å². The standard InChI is InChI=1S/C26H25F5N6O/c1-14(16-9-15(32)10-18(21(16)28)26(29,30)31)35-23-17-11-37(20-6-4-3-5-19(20)27)24(38)25(7-8-36(2)12-25)22(17)33-13-34-23/h3-6,9-10,13-14H,7-8,11-12,32H2,1-2H3,(H,33,34,35)/t14-,25?/m1/s1. The zero-order valence-corrected chi connectivity index (χ0v) is 20.6. The predicted octanol–water partition coefficient (Wildman–Crippen LogP) is 4.65. The Morgan fingerprint density at radius 2 is 1.89 bits per heavy atom. The van der Waals surface area contributed by atoms with E-state index >= 15 is 0 Å². The quantitative estimate of drug-likeness (QED) is 0.376. The van der Waals surface area contributed by atoms with Crippen molar-refractivity contribution in [3.05, 3.63) is 76.7 Å². The van der Waals surface area contributed by atoms with Crippen LogP contribution in [0.2, 0.25) is 0 Å². The Kier molecular flexibility index (Phi) is 6.25. The van der Waals surface area contributed by atoms with Crippen molar-refractivity contribution in [3.8, 4) is 0 Å². The molecule has 5 rings (SSSR count). The average molecular weight is 533 g/mol. The van der Waals surface area contributed by atoms with Crippen molar-refractivity contribution in [2.75, 3.05) is 36.1 Å². The Hall–Kier alpha value is -3.80. The van der Waals surface area contributed by atoms with E-state index in [9.17, 15) is 26.7 Å². The zero-order chi connectivity index (χ0) is 27.4. The number of hydrogen-bond acceptors (Lipinski definition) is 6. The molecule has 3 aromatic rings. The fourth-order valence-electron chi connectivity index (χ4n) is 5.40. The van der Waals surface area contributed by atoms with E-state index in [0.29, 0.717) is 36.8 Å². The Morgan fingerprint density at radius 3 is 2.55 bits per heavy atom. The minimum Gasteiger partial charge on any atom is -0.399 e. The van der Waals surface area contributed by atoms with E-state index < -0.39 is 34.8 Å². The highest BCUT2D eigenvalue weighted by atomic mass is 19.4. The number of benzene rings is 2. The monoisotopic (exact) mass is 532 g/mol. The molecule has 1 unspecified atom stereocenters. The number of likely N-dealkylation sites (tertiary alicyclic amines) is 1. The molecule has 0 saturated carbocycles. The summed E-state index contributed by atoms with van der Waals surface area (Å²) in [4.78, 5) is 25.9. The third-order valence-corrected chi connectivity index (χ3v) is 7.22. The van der Waals surface area contributed by atoms with Gasteiger partial charge in [0.2, 0.25) is 5.91 Å². The molecule has 1 fully saturated rings. The topological polar surface area (TPSA) is 87.4 Å². The van der Waals surface area contributed by atoms with Crippen molar-refractivity contribution in [2.24, 2.45) is 0 Å². The summed E-state index contributed by atoms with van der Waals surface area (Å²) in [7, 11) is 1.87. The third-order valence-electron chi connectivity index (χ3n) is 7.22. The summed E-state index contributed by atoms with van der Waals surface area (Å²) in [6, 6.07) is 6.61. The molecular formula is C26H25F5N6O. The predicted molar refractivity (Wildman–Crippen MR) is 131 cm³/mol. The van der Waals surface area contributed by atoms with Crippen molar-refractivity contribution >= 4 is 23.1 Å². The van der Waals surface area contributed by atoms with E-state index in [4.69, 9.17) is 5.73 Å². The van der Waals surface area contributed by atoms with Gasteiger partial charge in [0.1, 0.15) is 29.2 Å². The number of amides is 1. The lowest BCUT2D eigenvalue weighted by Gasteiger charge is -2.40. The summed E-state index contributed by atoms with van der Waals surface area (Å²) < 4.78 is 70.0. The van der Waals surface area contributed by atoms with Crippen LogP contribution < -0.4 is 16.0 Å². The van der Waals surface area contributed by atoms with E-state index in [2.05, 4.69) is 15.3 Å². The second-order valence-electron chi connectivity index (χ2n) is 9.80. The normalized spacial score (nSPS) is 20.6. The van der Waals surface area contributed by atoms with Crippen molar-refractivity contribution < 1.29 is 26.7 Å². The van der Waals surface area contributed by atoms with Crippen molar-refractivity contribution in [1.29, 1.82) is 0 Å². The molecule has 2 aliphatic rings. The lowest BCUT2D eigenvalue weighted by atomic mass is 9.76. The highest BCUT2D eigenvalue weighted by Crippen LogP contribution is 2.44. The van der Waals surface area contributed by atoms with Gasteiger partial charge in [-0.2, -0.15) is 13.2 Å².